The van der Waals surface area contributed by atoms with Crippen LogP contribution in [0.5, 0.6) is 11.5 Å². The van der Waals surface area contributed by atoms with E-state index in [2.05, 4.69) is 52.0 Å². The number of hydrogen-bond acceptors (Lipinski definition) is 3. The maximum absolute atomic E-state index is 12.8. The standard InChI is InChI=1S/C37H56O3/c1-5-7-8-12-15-30(4)39-35-25-21-32(22-26-35)33-23-27-36(28-24-33)40-37(38)34-19-17-31(18-20-34)16-13-10-9-11-14-29(3)6-2/h21-31,34H,5-20H2,1-4H3/t29-,30+,31-,34-/m0/s1. The lowest BCUT2D eigenvalue weighted by Crippen LogP contribution is -2.25. The molecule has 40 heavy (non-hydrogen) atoms. The summed E-state index contributed by atoms with van der Waals surface area (Å²) in [6.07, 6.45) is 20.2. The molecule has 0 N–H and O–H groups in total. The van der Waals surface area contributed by atoms with Crippen molar-refractivity contribution >= 4 is 5.97 Å². The van der Waals surface area contributed by atoms with Crippen molar-refractivity contribution in [2.24, 2.45) is 17.8 Å². The molecule has 2 aromatic carbocycles. The molecule has 3 rings (SSSR count). The fraction of sp³-hybridized carbons (Fsp3) is 0.649. The van der Waals surface area contributed by atoms with Gasteiger partial charge in [-0.25, -0.2) is 0 Å². The Labute approximate surface area is 245 Å². The van der Waals surface area contributed by atoms with Crippen LogP contribution in [0, 0.1) is 17.8 Å². The molecular weight excluding hydrogens is 492 g/mol. The predicted octanol–water partition coefficient (Wildman–Crippen LogP) is 11.2. The molecule has 0 amide bonds. The van der Waals surface area contributed by atoms with Gasteiger partial charge in [-0.3, -0.25) is 4.79 Å². The van der Waals surface area contributed by atoms with Crippen LogP contribution in [0.2, 0.25) is 0 Å². The van der Waals surface area contributed by atoms with E-state index in [-0.39, 0.29) is 18.0 Å². The van der Waals surface area contributed by atoms with E-state index < -0.39 is 0 Å². The van der Waals surface area contributed by atoms with E-state index in [1.165, 1.54) is 83.5 Å². The number of carbonyl (C=O) groups excluding carboxylic acids is 1. The summed E-state index contributed by atoms with van der Waals surface area (Å²) >= 11 is 0. The van der Waals surface area contributed by atoms with Crippen molar-refractivity contribution in [3.63, 3.8) is 0 Å². The molecular formula is C37H56O3. The van der Waals surface area contributed by atoms with Crippen molar-refractivity contribution in [3.8, 4) is 22.6 Å². The summed E-state index contributed by atoms with van der Waals surface area (Å²) in [5.74, 6) is 3.23. The van der Waals surface area contributed by atoms with E-state index in [4.69, 9.17) is 9.47 Å². The van der Waals surface area contributed by atoms with Crippen LogP contribution in [0.15, 0.2) is 48.5 Å². The normalized spacial score (nSPS) is 18.7. The van der Waals surface area contributed by atoms with E-state index >= 15 is 0 Å². The van der Waals surface area contributed by atoms with Crippen molar-refractivity contribution in [2.75, 3.05) is 0 Å². The Morgan fingerprint density at radius 2 is 1.30 bits per heavy atom. The summed E-state index contributed by atoms with van der Waals surface area (Å²) < 4.78 is 11.9. The van der Waals surface area contributed by atoms with Gasteiger partial charge in [0.05, 0.1) is 12.0 Å². The first-order chi connectivity index (χ1) is 19.5. The molecule has 0 heterocycles. The van der Waals surface area contributed by atoms with Gasteiger partial charge in [-0.05, 0) is 92.7 Å². The van der Waals surface area contributed by atoms with Crippen molar-refractivity contribution < 1.29 is 14.3 Å². The average Bonchev–Trinajstić information content (AvgIpc) is 2.98. The summed E-state index contributed by atoms with van der Waals surface area (Å²) in [6.45, 7) is 9.06. The van der Waals surface area contributed by atoms with Crippen LogP contribution in [0.25, 0.3) is 11.1 Å². The highest BCUT2D eigenvalue weighted by Gasteiger charge is 2.27. The summed E-state index contributed by atoms with van der Waals surface area (Å²) in [6, 6.07) is 16.2. The minimum atomic E-state index is -0.0541. The van der Waals surface area contributed by atoms with Gasteiger partial charge in [0.25, 0.3) is 0 Å². The third kappa shape index (κ3) is 11.7. The van der Waals surface area contributed by atoms with Crippen LogP contribution < -0.4 is 9.47 Å². The van der Waals surface area contributed by atoms with Crippen LogP contribution in [-0.2, 0) is 4.79 Å². The van der Waals surface area contributed by atoms with Crippen LogP contribution in [0.4, 0.5) is 0 Å². The second-order valence-corrected chi connectivity index (χ2v) is 12.5. The zero-order chi connectivity index (χ0) is 28.6. The molecule has 3 nitrogen and oxygen atoms in total. The van der Waals surface area contributed by atoms with Crippen molar-refractivity contribution in [1.82, 2.24) is 0 Å². The second kappa shape index (κ2) is 18.2. The van der Waals surface area contributed by atoms with Gasteiger partial charge in [0.2, 0.25) is 0 Å². The number of hydrogen-bond donors (Lipinski definition) is 0. The third-order valence-electron chi connectivity index (χ3n) is 9.00. The number of esters is 1. The maximum Gasteiger partial charge on any atom is 0.314 e. The minimum absolute atomic E-state index is 0.0491. The first-order valence-corrected chi connectivity index (χ1v) is 16.6. The summed E-state index contributed by atoms with van der Waals surface area (Å²) in [7, 11) is 0. The van der Waals surface area contributed by atoms with Gasteiger partial charge < -0.3 is 9.47 Å². The Balaban J connectivity index is 1.35. The van der Waals surface area contributed by atoms with Crippen LogP contribution >= 0.6 is 0 Å². The average molecular weight is 549 g/mol. The topological polar surface area (TPSA) is 35.5 Å². The maximum atomic E-state index is 12.8. The number of rotatable bonds is 18. The first kappa shape index (κ1) is 32.2. The molecule has 222 valence electrons. The molecule has 0 aliphatic heterocycles. The highest BCUT2D eigenvalue weighted by atomic mass is 16.5. The fourth-order valence-corrected chi connectivity index (χ4v) is 5.96. The van der Waals surface area contributed by atoms with Gasteiger partial charge in [-0.15, -0.1) is 0 Å². The summed E-state index contributed by atoms with van der Waals surface area (Å²) in [4.78, 5) is 12.8. The minimum Gasteiger partial charge on any atom is -0.491 e. The largest absolute Gasteiger partial charge is 0.491 e. The Kier molecular flexibility index (Phi) is 14.7. The van der Waals surface area contributed by atoms with E-state index in [0.29, 0.717) is 5.75 Å². The Bertz CT molecular complexity index is 940. The molecule has 0 radical (unpaired) electrons. The molecule has 3 heteroatoms. The van der Waals surface area contributed by atoms with E-state index in [1.807, 2.05) is 24.3 Å². The smallest absolute Gasteiger partial charge is 0.314 e. The highest BCUT2D eigenvalue weighted by molar-refractivity contribution is 5.75. The number of carbonyl (C=O) groups is 1. The lowest BCUT2D eigenvalue weighted by Gasteiger charge is -2.27. The van der Waals surface area contributed by atoms with E-state index in [1.54, 1.807) is 0 Å². The van der Waals surface area contributed by atoms with Crippen LogP contribution in [0.1, 0.15) is 130 Å². The van der Waals surface area contributed by atoms with Gasteiger partial charge in [0.1, 0.15) is 11.5 Å². The summed E-state index contributed by atoms with van der Waals surface area (Å²) in [5.41, 5.74) is 2.24. The molecule has 0 unspecified atom stereocenters. The van der Waals surface area contributed by atoms with Crippen LogP contribution in [0.3, 0.4) is 0 Å². The second-order valence-electron chi connectivity index (χ2n) is 12.5. The molecule has 2 aromatic rings. The van der Waals surface area contributed by atoms with Crippen molar-refractivity contribution in [1.29, 1.82) is 0 Å². The predicted molar refractivity (Wildman–Crippen MR) is 169 cm³/mol. The molecule has 1 fully saturated rings. The SMILES string of the molecule is CCCCCC[C@@H](C)Oc1ccc(-c2ccc(OC(=O)[C@H]3CC[C@H](CCCCCC[C@@H](C)CC)CC3)cc2)cc1. The van der Waals surface area contributed by atoms with Crippen LogP contribution in [-0.4, -0.2) is 12.1 Å². The Morgan fingerprint density at radius 3 is 1.93 bits per heavy atom. The highest BCUT2D eigenvalue weighted by Crippen LogP contribution is 2.33. The zero-order valence-corrected chi connectivity index (χ0v) is 26.0. The zero-order valence-electron chi connectivity index (χ0n) is 26.0. The Hall–Kier alpha value is -2.29. The molecule has 0 aromatic heterocycles. The molecule has 0 spiro atoms. The molecule has 1 saturated carbocycles. The third-order valence-corrected chi connectivity index (χ3v) is 9.00. The van der Waals surface area contributed by atoms with E-state index in [0.717, 1.165) is 48.0 Å². The number of benzene rings is 2. The molecule has 1 aliphatic carbocycles. The fourth-order valence-electron chi connectivity index (χ4n) is 5.96. The van der Waals surface area contributed by atoms with Gasteiger partial charge >= 0.3 is 5.97 Å². The lowest BCUT2D eigenvalue weighted by atomic mass is 9.79. The quantitative estimate of drug-likeness (QED) is 0.106. The number of unbranched alkanes of at least 4 members (excludes halogenated alkanes) is 6. The van der Waals surface area contributed by atoms with Crippen molar-refractivity contribution in [2.45, 2.75) is 137 Å². The molecule has 1 aliphatic rings. The lowest BCUT2D eigenvalue weighted by molar-refractivity contribution is -0.140. The van der Waals surface area contributed by atoms with Gasteiger partial charge in [-0.2, -0.15) is 0 Å². The monoisotopic (exact) mass is 548 g/mol. The summed E-state index contributed by atoms with van der Waals surface area (Å²) in [5, 5.41) is 0. The Morgan fingerprint density at radius 1 is 0.725 bits per heavy atom. The molecule has 2 atom stereocenters. The van der Waals surface area contributed by atoms with Gasteiger partial charge in [-0.1, -0.05) is 109 Å². The first-order valence-electron chi connectivity index (χ1n) is 16.6. The number of ether oxygens (including phenoxy) is 2. The van der Waals surface area contributed by atoms with Gasteiger partial charge in [0.15, 0.2) is 0 Å². The van der Waals surface area contributed by atoms with E-state index in [9.17, 15) is 4.79 Å². The van der Waals surface area contributed by atoms with Crippen molar-refractivity contribution in [3.05, 3.63) is 48.5 Å². The molecule has 0 saturated heterocycles. The van der Waals surface area contributed by atoms with Gasteiger partial charge in [0, 0.05) is 0 Å². The molecule has 0 bridgehead atoms.